The smallest absolute Gasteiger partial charge is 0.352 e. The first-order chi connectivity index (χ1) is 9.82. The fourth-order valence-electron chi connectivity index (χ4n) is 2.37. The van der Waals surface area contributed by atoms with Crippen LogP contribution in [0.5, 0.6) is 0 Å². The molecule has 2 rings (SSSR count). The molecule has 1 saturated heterocycles. The van der Waals surface area contributed by atoms with E-state index in [-0.39, 0.29) is 18.5 Å². The zero-order valence-electron chi connectivity index (χ0n) is 11.3. The molecule has 1 unspecified atom stereocenters. The van der Waals surface area contributed by atoms with Gasteiger partial charge in [-0.1, -0.05) is 11.6 Å². The lowest BCUT2D eigenvalue weighted by Crippen LogP contribution is -2.39. The minimum atomic E-state index is -4.18. The van der Waals surface area contributed by atoms with Crippen LogP contribution in [-0.4, -0.2) is 42.7 Å². The lowest BCUT2D eigenvalue weighted by atomic mass is 10.2. The number of nitrogens with zero attached hydrogens (tertiary/aromatic N) is 1. The van der Waals surface area contributed by atoms with Gasteiger partial charge < -0.3 is 5.32 Å². The number of carbonyl (C=O) groups is 1. The van der Waals surface area contributed by atoms with Crippen molar-refractivity contribution < 1.29 is 18.0 Å². The molecule has 118 valence electrons. The van der Waals surface area contributed by atoms with Crippen molar-refractivity contribution in [3.8, 4) is 0 Å². The minimum absolute atomic E-state index is 0.126. The van der Waals surface area contributed by atoms with Crippen molar-refractivity contribution in [2.75, 3.05) is 19.6 Å². The molecule has 8 heteroatoms. The van der Waals surface area contributed by atoms with Gasteiger partial charge in [0.15, 0.2) is 0 Å². The molecule has 2 heterocycles. The summed E-state index contributed by atoms with van der Waals surface area (Å²) in [5.74, 6) is -0.126. The fraction of sp³-hybridized carbons (Fsp3) is 0.615. The second-order valence-electron chi connectivity index (χ2n) is 5.11. The normalized spacial score (nSPS) is 19.9. The molecule has 3 nitrogen and oxygen atoms in total. The first-order valence-corrected chi connectivity index (χ1v) is 7.84. The van der Waals surface area contributed by atoms with E-state index in [9.17, 15) is 18.0 Å². The Balaban J connectivity index is 1.69. The van der Waals surface area contributed by atoms with Crippen LogP contribution in [0.1, 0.15) is 17.7 Å². The molecule has 1 aliphatic rings. The van der Waals surface area contributed by atoms with E-state index in [0.29, 0.717) is 30.1 Å². The van der Waals surface area contributed by atoms with Gasteiger partial charge in [-0.2, -0.15) is 13.2 Å². The molecular formula is C13H16ClF3N2OS. The molecule has 1 fully saturated rings. The highest BCUT2D eigenvalue weighted by Gasteiger charge is 2.34. The van der Waals surface area contributed by atoms with Crippen molar-refractivity contribution in [3.63, 3.8) is 0 Å². The average molecular weight is 341 g/mol. The van der Waals surface area contributed by atoms with E-state index >= 15 is 0 Å². The molecule has 1 N–H and O–H groups in total. The van der Waals surface area contributed by atoms with Crippen LogP contribution in [0.4, 0.5) is 13.2 Å². The predicted octanol–water partition coefficient (Wildman–Crippen LogP) is 3.09. The van der Waals surface area contributed by atoms with Crippen LogP contribution in [0, 0.1) is 0 Å². The Hall–Kier alpha value is -0.790. The summed E-state index contributed by atoms with van der Waals surface area (Å²) in [4.78, 5) is 14.1. The first kappa shape index (κ1) is 16.6. The van der Waals surface area contributed by atoms with Crippen molar-refractivity contribution in [1.29, 1.82) is 0 Å². The van der Waals surface area contributed by atoms with Crippen molar-refractivity contribution in [1.82, 2.24) is 10.2 Å². The van der Waals surface area contributed by atoms with Gasteiger partial charge in [0.05, 0.1) is 10.9 Å². The van der Waals surface area contributed by atoms with E-state index in [1.807, 2.05) is 6.07 Å². The first-order valence-electron chi connectivity index (χ1n) is 6.64. The van der Waals surface area contributed by atoms with Crippen molar-refractivity contribution >= 4 is 28.8 Å². The van der Waals surface area contributed by atoms with Gasteiger partial charge >= 0.3 is 6.18 Å². The maximum atomic E-state index is 12.3. The maximum Gasteiger partial charge on any atom is 0.401 e. The number of hydrogen-bond acceptors (Lipinski definition) is 3. The third-order valence-electron chi connectivity index (χ3n) is 3.27. The summed E-state index contributed by atoms with van der Waals surface area (Å²) in [5.41, 5.74) is 0. The molecule has 0 aliphatic carbocycles. The van der Waals surface area contributed by atoms with Crippen molar-refractivity contribution in [2.45, 2.75) is 31.5 Å². The maximum absolute atomic E-state index is 12.3. The number of nitrogens with one attached hydrogen (secondary N) is 1. The second-order valence-corrected chi connectivity index (χ2v) is 6.91. The van der Waals surface area contributed by atoms with Crippen LogP contribution in [-0.2, 0) is 11.2 Å². The number of aryl methyl sites for hydroxylation is 1. The van der Waals surface area contributed by atoms with Crippen LogP contribution >= 0.6 is 22.9 Å². The van der Waals surface area contributed by atoms with Gasteiger partial charge in [0.25, 0.3) is 0 Å². The number of likely N-dealkylation sites (tertiary alicyclic amines) is 1. The van der Waals surface area contributed by atoms with Gasteiger partial charge in [-0.15, -0.1) is 11.3 Å². The Morgan fingerprint density at radius 1 is 1.48 bits per heavy atom. The topological polar surface area (TPSA) is 32.3 Å². The summed E-state index contributed by atoms with van der Waals surface area (Å²) in [5, 5.41) is 2.80. The number of alkyl halides is 3. The van der Waals surface area contributed by atoms with E-state index in [1.165, 1.54) is 16.2 Å². The van der Waals surface area contributed by atoms with E-state index in [2.05, 4.69) is 5.32 Å². The lowest BCUT2D eigenvalue weighted by Gasteiger charge is -2.18. The highest BCUT2D eigenvalue weighted by atomic mass is 35.5. The number of rotatable bonds is 5. The molecule has 1 amide bonds. The van der Waals surface area contributed by atoms with Crippen LogP contribution in [0.2, 0.25) is 4.34 Å². The van der Waals surface area contributed by atoms with Gasteiger partial charge in [0.1, 0.15) is 0 Å². The molecule has 1 atom stereocenters. The minimum Gasteiger partial charge on any atom is -0.352 e. The molecule has 1 aromatic heterocycles. The summed E-state index contributed by atoms with van der Waals surface area (Å²) in [6.07, 6.45) is -2.70. The third kappa shape index (κ3) is 5.84. The highest BCUT2D eigenvalue weighted by Crippen LogP contribution is 2.23. The Morgan fingerprint density at radius 3 is 2.86 bits per heavy atom. The molecule has 0 aromatic carbocycles. The SMILES string of the molecule is O=C(CCc1ccc(Cl)s1)NC1CCN(CC(F)(F)F)C1. The number of carbonyl (C=O) groups excluding carboxylic acids is 1. The zero-order chi connectivity index (χ0) is 15.5. The van der Waals surface area contributed by atoms with Gasteiger partial charge in [0.2, 0.25) is 5.91 Å². The van der Waals surface area contributed by atoms with E-state index in [1.54, 1.807) is 6.07 Å². The summed E-state index contributed by atoms with van der Waals surface area (Å²) in [6, 6.07) is 3.47. The fourth-order valence-corrected chi connectivity index (χ4v) is 3.46. The molecule has 0 saturated carbocycles. The van der Waals surface area contributed by atoms with Gasteiger partial charge in [-0.25, -0.2) is 0 Å². The van der Waals surface area contributed by atoms with Crippen LogP contribution < -0.4 is 5.32 Å². The average Bonchev–Trinajstić information content (AvgIpc) is 2.94. The summed E-state index contributed by atoms with van der Waals surface area (Å²) < 4.78 is 37.5. The van der Waals surface area contributed by atoms with E-state index in [0.717, 1.165) is 4.88 Å². The van der Waals surface area contributed by atoms with Crippen LogP contribution in [0.15, 0.2) is 12.1 Å². The Labute approximate surface area is 130 Å². The third-order valence-corrected chi connectivity index (χ3v) is 4.56. The van der Waals surface area contributed by atoms with E-state index < -0.39 is 12.7 Å². The standard InChI is InChI=1S/C13H16ClF3N2OS/c14-11-3-1-10(21-11)2-4-12(20)18-9-5-6-19(7-9)8-13(15,16)17/h1,3,9H,2,4-8H2,(H,18,20). The molecule has 0 radical (unpaired) electrons. The summed E-state index contributed by atoms with van der Waals surface area (Å²) in [6.45, 7) is -0.284. The highest BCUT2D eigenvalue weighted by molar-refractivity contribution is 7.16. The largest absolute Gasteiger partial charge is 0.401 e. The lowest BCUT2D eigenvalue weighted by molar-refractivity contribution is -0.143. The molecular weight excluding hydrogens is 325 g/mol. The predicted molar refractivity (Wildman–Crippen MR) is 76.7 cm³/mol. The zero-order valence-corrected chi connectivity index (χ0v) is 12.8. The van der Waals surface area contributed by atoms with Gasteiger partial charge in [0, 0.05) is 30.4 Å². The molecule has 1 aliphatic heterocycles. The molecule has 0 bridgehead atoms. The van der Waals surface area contributed by atoms with Gasteiger partial charge in [-0.3, -0.25) is 9.69 Å². The van der Waals surface area contributed by atoms with Crippen molar-refractivity contribution in [2.24, 2.45) is 0 Å². The van der Waals surface area contributed by atoms with Crippen molar-refractivity contribution in [3.05, 3.63) is 21.3 Å². The number of amides is 1. The summed E-state index contributed by atoms with van der Waals surface area (Å²) >= 11 is 7.23. The quantitative estimate of drug-likeness (QED) is 0.893. The van der Waals surface area contributed by atoms with E-state index in [4.69, 9.17) is 11.6 Å². The molecule has 1 aromatic rings. The molecule has 0 spiro atoms. The Bertz CT molecular complexity index is 492. The molecule has 21 heavy (non-hydrogen) atoms. The number of halogens is 4. The Kier molecular flexibility index (Phi) is 5.51. The van der Waals surface area contributed by atoms with Gasteiger partial charge in [-0.05, 0) is 25.0 Å². The monoisotopic (exact) mass is 340 g/mol. The second kappa shape index (κ2) is 6.98. The van der Waals surface area contributed by atoms with Crippen LogP contribution in [0.3, 0.4) is 0 Å². The Morgan fingerprint density at radius 2 is 2.24 bits per heavy atom. The van der Waals surface area contributed by atoms with Crippen LogP contribution in [0.25, 0.3) is 0 Å². The summed E-state index contributed by atoms with van der Waals surface area (Å²) in [7, 11) is 0. The number of hydrogen-bond donors (Lipinski definition) is 1. The number of thiophene rings is 1.